The maximum absolute atomic E-state index is 11.9. The van der Waals surface area contributed by atoms with Crippen molar-refractivity contribution in [1.29, 1.82) is 0 Å². The van der Waals surface area contributed by atoms with Crippen LogP contribution in [-0.4, -0.2) is 33.6 Å². The molecular formula is C12H18N4O2. The zero-order valence-corrected chi connectivity index (χ0v) is 10.2. The molecule has 1 saturated carbocycles. The molecule has 0 saturated heterocycles. The van der Waals surface area contributed by atoms with Crippen molar-refractivity contribution in [1.82, 2.24) is 15.3 Å². The normalized spacial score (nSPS) is 23.6. The molecule has 1 aliphatic carbocycles. The van der Waals surface area contributed by atoms with Gasteiger partial charge in [0.1, 0.15) is 0 Å². The fourth-order valence-electron chi connectivity index (χ4n) is 2.27. The van der Waals surface area contributed by atoms with Gasteiger partial charge in [-0.15, -0.1) is 0 Å². The second kappa shape index (κ2) is 5.77. The van der Waals surface area contributed by atoms with Gasteiger partial charge in [0.15, 0.2) is 11.5 Å². The van der Waals surface area contributed by atoms with Crippen LogP contribution in [0.25, 0.3) is 0 Å². The maximum atomic E-state index is 11.9. The third kappa shape index (κ3) is 2.95. The highest BCUT2D eigenvalue weighted by Gasteiger charge is 2.23. The first-order valence-electron chi connectivity index (χ1n) is 6.19. The predicted octanol–water partition coefficient (Wildman–Crippen LogP) is 0.340. The van der Waals surface area contributed by atoms with Crippen LogP contribution in [0, 0.1) is 5.92 Å². The molecule has 0 aliphatic heterocycles. The van der Waals surface area contributed by atoms with Crippen LogP contribution in [-0.2, 0) is 0 Å². The van der Waals surface area contributed by atoms with Crippen LogP contribution < -0.4 is 11.1 Å². The van der Waals surface area contributed by atoms with Crippen molar-refractivity contribution in [3.05, 3.63) is 18.1 Å². The highest BCUT2D eigenvalue weighted by atomic mass is 16.3. The van der Waals surface area contributed by atoms with E-state index in [1.807, 2.05) is 0 Å². The number of aliphatic hydroxyl groups is 1. The molecule has 0 unspecified atom stereocenters. The molecule has 0 radical (unpaired) electrons. The monoisotopic (exact) mass is 250 g/mol. The van der Waals surface area contributed by atoms with Crippen molar-refractivity contribution in [2.24, 2.45) is 5.92 Å². The number of hydrogen-bond acceptors (Lipinski definition) is 5. The first-order chi connectivity index (χ1) is 8.70. The van der Waals surface area contributed by atoms with E-state index in [1.165, 1.54) is 12.4 Å². The molecule has 1 amide bonds. The summed E-state index contributed by atoms with van der Waals surface area (Å²) in [5, 5.41) is 12.0. The average Bonchev–Trinajstić information content (AvgIpc) is 2.40. The Morgan fingerprint density at radius 1 is 1.33 bits per heavy atom. The molecule has 1 heterocycles. The first kappa shape index (κ1) is 12.8. The molecule has 1 aromatic rings. The minimum atomic E-state index is -0.270. The van der Waals surface area contributed by atoms with E-state index in [9.17, 15) is 4.79 Å². The molecule has 0 bridgehead atoms. The summed E-state index contributed by atoms with van der Waals surface area (Å²) < 4.78 is 0. The van der Waals surface area contributed by atoms with Gasteiger partial charge in [-0.3, -0.25) is 4.79 Å². The van der Waals surface area contributed by atoms with Crippen LogP contribution in [0.4, 0.5) is 5.82 Å². The third-order valence-corrected chi connectivity index (χ3v) is 3.38. The number of hydrogen-bond donors (Lipinski definition) is 3. The standard InChI is InChI=1S/C12H18N4O2/c13-11-10(14-5-6-15-11)12(18)16-9-3-1-8(7-17)2-4-9/h5-6,8-9,17H,1-4,7H2,(H2,13,15)(H,16,18). The second-order valence-corrected chi connectivity index (χ2v) is 4.66. The van der Waals surface area contributed by atoms with Crippen LogP contribution in [0.5, 0.6) is 0 Å². The number of nitrogens with zero attached hydrogens (tertiary/aromatic N) is 2. The molecule has 0 aromatic carbocycles. The zero-order valence-electron chi connectivity index (χ0n) is 10.2. The molecule has 18 heavy (non-hydrogen) atoms. The summed E-state index contributed by atoms with van der Waals surface area (Å²) in [6, 6.07) is 0.140. The van der Waals surface area contributed by atoms with Gasteiger partial charge in [-0.2, -0.15) is 0 Å². The molecule has 4 N–H and O–H groups in total. The van der Waals surface area contributed by atoms with Gasteiger partial charge in [0, 0.05) is 25.0 Å². The molecule has 6 heteroatoms. The maximum Gasteiger partial charge on any atom is 0.273 e. The number of carbonyl (C=O) groups is 1. The van der Waals surface area contributed by atoms with Crippen LogP contribution in [0.1, 0.15) is 36.2 Å². The number of nitrogens with one attached hydrogen (secondary N) is 1. The Morgan fingerprint density at radius 2 is 2.00 bits per heavy atom. The van der Waals surface area contributed by atoms with E-state index >= 15 is 0 Å². The Morgan fingerprint density at radius 3 is 2.61 bits per heavy atom. The van der Waals surface area contributed by atoms with Crippen molar-refractivity contribution in [3.63, 3.8) is 0 Å². The Balaban J connectivity index is 1.91. The topological polar surface area (TPSA) is 101 Å². The van der Waals surface area contributed by atoms with Crippen LogP contribution in [0.3, 0.4) is 0 Å². The smallest absolute Gasteiger partial charge is 0.273 e. The fraction of sp³-hybridized carbons (Fsp3) is 0.583. The van der Waals surface area contributed by atoms with E-state index in [2.05, 4.69) is 15.3 Å². The molecule has 2 rings (SSSR count). The lowest BCUT2D eigenvalue weighted by atomic mass is 9.86. The van der Waals surface area contributed by atoms with Crippen LogP contribution >= 0.6 is 0 Å². The molecule has 0 atom stereocenters. The molecule has 0 spiro atoms. The fourth-order valence-corrected chi connectivity index (χ4v) is 2.27. The van der Waals surface area contributed by atoms with Crippen molar-refractivity contribution in [3.8, 4) is 0 Å². The number of amides is 1. The molecule has 1 aromatic heterocycles. The Labute approximate surface area is 106 Å². The van der Waals surface area contributed by atoms with E-state index in [0.29, 0.717) is 5.92 Å². The minimum absolute atomic E-state index is 0.140. The van der Waals surface area contributed by atoms with Crippen molar-refractivity contribution in [2.75, 3.05) is 12.3 Å². The summed E-state index contributed by atoms with van der Waals surface area (Å²) >= 11 is 0. The van der Waals surface area contributed by atoms with E-state index in [1.54, 1.807) is 0 Å². The SMILES string of the molecule is Nc1nccnc1C(=O)NC1CCC(CO)CC1. The summed E-state index contributed by atoms with van der Waals surface area (Å²) in [5.41, 5.74) is 5.78. The van der Waals surface area contributed by atoms with Gasteiger partial charge in [-0.05, 0) is 31.6 Å². The number of nitrogens with two attached hydrogens (primary N) is 1. The highest BCUT2D eigenvalue weighted by molar-refractivity contribution is 5.96. The van der Waals surface area contributed by atoms with E-state index < -0.39 is 0 Å². The number of aromatic nitrogens is 2. The molecule has 6 nitrogen and oxygen atoms in total. The number of nitrogen functional groups attached to an aromatic ring is 1. The Bertz CT molecular complexity index is 416. The van der Waals surface area contributed by atoms with E-state index in [-0.39, 0.29) is 30.1 Å². The number of anilines is 1. The number of rotatable bonds is 3. The summed E-state index contributed by atoms with van der Waals surface area (Å²) in [6.07, 6.45) is 6.57. The summed E-state index contributed by atoms with van der Waals surface area (Å²) in [7, 11) is 0. The summed E-state index contributed by atoms with van der Waals surface area (Å²) in [6.45, 7) is 0.234. The van der Waals surface area contributed by atoms with E-state index in [0.717, 1.165) is 25.7 Å². The van der Waals surface area contributed by atoms with Crippen molar-refractivity contribution in [2.45, 2.75) is 31.7 Å². The van der Waals surface area contributed by atoms with Gasteiger partial charge in [-0.1, -0.05) is 0 Å². The van der Waals surface area contributed by atoms with Crippen molar-refractivity contribution < 1.29 is 9.90 Å². The van der Waals surface area contributed by atoms with Gasteiger partial charge in [0.25, 0.3) is 5.91 Å². The predicted molar refractivity (Wildman–Crippen MR) is 66.7 cm³/mol. The third-order valence-electron chi connectivity index (χ3n) is 3.38. The van der Waals surface area contributed by atoms with Gasteiger partial charge >= 0.3 is 0 Å². The number of aliphatic hydroxyl groups excluding tert-OH is 1. The van der Waals surface area contributed by atoms with Crippen LogP contribution in [0.2, 0.25) is 0 Å². The zero-order chi connectivity index (χ0) is 13.0. The van der Waals surface area contributed by atoms with Gasteiger partial charge < -0.3 is 16.2 Å². The molecule has 1 aliphatic rings. The van der Waals surface area contributed by atoms with Crippen molar-refractivity contribution >= 4 is 11.7 Å². The molecule has 98 valence electrons. The van der Waals surface area contributed by atoms with Crippen LogP contribution in [0.15, 0.2) is 12.4 Å². The van der Waals surface area contributed by atoms with Gasteiger partial charge in [0.05, 0.1) is 0 Å². The number of carbonyl (C=O) groups excluding carboxylic acids is 1. The first-order valence-corrected chi connectivity index (χ1v) is 6.19. The van der Waals surface area contributed by atoms with Gasteiger partial charge in [-0.25, -0.2) is 9.97 Å². The lowest BCUT2D eigenvalue weighted by Crippen LogP contribution is -2.38. The Kier molecular flexibility index (Phi) is 4.09. The van der Waals surface area contributed by atoms with E-state index in [4.69, 9.17) is 10.8 Å². The second-order valence-electron chi connectivity index (χ2n) is 4.66. The largest absolute Gasteiger partial charge is 0.396 e. The molecular weight excluding hydrogens is 232 g/mol. The lowest BCUT2D eigenvalue weighted by molar-refractivity contribution is 0.0909. The minimum Gasteiger partial charge on any atom is -0.396 e. The highest BCUT2D eigenvalue weighted by Crippen LogP contribution is 2.23. The van der Waals surface area contributed by atoms with Gasteiger partial charge in [0.2, 0.25) is 0 Å². The average molecular weight is 250 g/mol. The quantitative estimate of drug-likeness (QED) is 0.718. The summed E-state index contributed by atoms with van der Waals surface area (Å²) in [4.78, 5) is 19.7. The summed E-state index contributed by atoms with van der Waals surface area (Å²) in [5.74, 6) is 0.256. The lowest BCUT2D eigenvalue weighted by Gasteiger charge is -2.27. The Hall–Kier alpha value is -1.69. The molecule has 1 fully saturated rings.